The van der Waals surface area contributed by atoms with Crippen molar-refractivity contribution in [2.45, 2.75) is 36.3 Å². The number of aliphatic hydroxyl groups is 3. The van der Waals surface area contributed by atoms with Crippen LogP contribution in [0.3, 0.4) is 0 Å². The number of aliphatic hydroxyl groups excluding tert-OH is 3. The molecule has 4 rings (SSSR count). The van der Waals surface area contributed by atoms with E-state index in [-0.39, 0.29) is 6.61 Å². The molecule has 0 radical (unpaired) electrons. The van der Waals surface area contributed by atoms with Crippen molar-refractivity contribution in [3.05, 3.63) is 102 Å². The maximum atomic E-state index is 10.6. The van der Waals surface area contributed by atoms with Gasteiger partial charge in [0.15, 0.2) is 6.29 Å². The summed E-state index contributed by atoms with van der Waals surface area (Å²) in [4.78, 5) is 0. The summed E-state index contributed by atoms with van der Waals surface area (Å²) in [5.41, 5.74) is 1.54. The quantitative estimate of drug-likeness (QED) is 0.439. The highest BCUT2D eigenvalue weighted by Crippen LogP contribution is 2.41. The van der Waals surface area contributed by atoms with Crippen molar-refractivity contribution in [1.29, 1.82) is 0 Å². The van der Waals surface area contributed by atoms with Gasteiger partial charge in [-0.25, -0.2) is 0 Å². The zero-order valence-electron chi connectivity index (χ0n) is 19.2. The molecule has 1 heterocycles. The molecule has 1 fully saturated rings. The van der Waals surface area contributed by atoms with Gasteiger partial charge in [0.1, 0.15) is 35.8 Å². The fourth-order valence-electron chi connectivity index (χ4n) is 4.38. The second-order valence-corrected chi connectivity index (χ2v) is 8.20. The second-order valence-electron chi connectivity index (χ2n) is 8.20. The first-order chi connectivity index (χ1) is 16.5. The van der Waals surface area contributed by atoms with E-state index in [0.717, 1.165) is 16.7 Å². The van der Waals surface area contributed by atoms with E-state index in [9.17, 15) is 15.3 Å². The smallest absolute Gasteiger partial charge is 0.186 e. The normalized spacial score (nSPS) is 25.1. The van der Waals surface area contributed by atoms with Gasteiger partial charge in [0.25, 0.3) is 0 Å². The maximum Gasteiger partial charge on any atom is 0.186 e. The largest absolute Gasteiger partial charge is 0.497 e. The van der Waals surface area contributed by atoms with Crippen LogP contribution in [0.15, 0.2) is 84.9 Å². The number of benzene rings is 3. The molecular formula is C27H30O7. The molecule has 34 heavy (non-hydrogen) atoms. The molecule has 0 amide bonds. The molecule has 3 aromatic rings. The van der Waals surface area contributed by atoms with Crippen LogP contribution in [0.4, 0.5) is 0 Å². The Hall–Kier alpha value is -2.78. The van der Waals surface area contributed by atoms with Crippen LogP contribution in [-0.2, 0) is 19.8 Å². The minimum Gasteiger partial charge on any atom is -0.497 e. The van der Waals surface area contributed by atoms with Crippen LogP contribution in [0.1, 0.15) is 16.7 Å². The fraction of sp³-hybridized carbons (Fsp3) is 0.333. The van der Waals surface area contributed by atoms with Gasteiger partial charge < -0.3 is 34.3 Å². The number of rotatable bonds is 8. The highest BCUT2D eigenvalue weighted by atomic mass is 16.7. The number of hydrogen-bond donors (Lipinski definition) is 3. The van der Waals surface area contributed by atoms with Crippen LogP contribution in [-0.4, -0.2) is 66.9 Å². The topological polar surface area (TPSA) is 97.6 Å². The highest BCUT2D eigenvalue weighted by molar-refractivity contribution is 5.48. The van der Waals surface area contributed by atoms with E-state index in [1.54, 1.807) is 7.11 Å². The zero-order chi connectivity index (χ0) is 24.1. The first-order valence-electron chi connectivity index (χ1n) is 11.1. The molecule has 1 saturated heterocycles. The van der Waals surface area contributed by atoms with Crippen LogP contribution in [0.5, 0.6) is 5.75 Å². The maximum absolute atomic E-state index is 10.6. The molecule has 7 heteroatoms. The summed E-state index contributed by atoms with van der Waals surface area (Å²) in [6.45, 7) is -0.0827. The highest BCUT2D eigenvalue weighted by Gasteiger charge is 2.46. The van der Waals surface area contributed by atoms with Crippen molar-refractivity contribution in [2.24, 2.45) is 0 Å². The van der Waals surface area contributed by atoms with E-state index in [1.165, 1.54) is 7.11 Å². The number of methoxy groups -OCH3 is 2. The summed E-state index contributed by atoms with van der Waals surface area (Å²) < 4.78 is 22.9. The van der Waals surface area contributed by atoms with Crippen molar-refractivity contribution >= 4 is 0 Å². The Morgan fingerprint density at radius 1 is 0.706 bits per heavy atom. The Bertz CT molecular complexity index is 984. The van der Waals surface area contributed by atoms with Crippen molar-refractivity contribution < 1.29 is 34.3 Å². The Morgan fingerprint density at radius 2 is 1.24 bits per heavy atom. The predicted octanol–water partition coefficient (Wildman–Crippen LogP) is 2.46. The first-order valence-corrected chi connectivity index (χ1v) is 11.1. The van der Waals surface area contributed by atoms with E-state index in [1.807, 2.05) is 84.9 Å². The predicted molar refractivity (Wildman–Crippen MR) is 125 cm³/mol. The van der Waals surface area contributed by atoms with Crippen molar-refractivity contribution in [2.75, 3.05) is 20.8 Å². The summed E-state index contributed by atoms with van der Waals surface area (Å²) in [6, 6.07) is 27.1. The van der Waals surface area contributed by atoms with Gasteiger partial charge in [-0.3, -0.25) is 0 Å². The Morgan fingerprint density at radius 3 is 1.74 bits per heavy atom. The number of hydrogen-bond acceptors (Lipinski definition) is 7. The molecule has 3 N–H and O–H groups in total. The Kier molecular flexibility index (Phi) is 7.63. The average molecular weight is 467 g/mol. The third-order valence-electron chi connectivity index (χ3n) is 6.22. The third-order valence-corrected chi connectivity index (χ3v) is 6.22. The lowest BCUT2D eigenvalue weighted by Gasteiger charge is -2.42. The van der Waals surface area contributed by atoms with E-state index < -0.39 is 36.3 Å². The molecular weight excluding hydrogens is 436 g/mol. The molecule has 0 saturated carbocycles. The number of ether oxygens (including phenoxy) is 4. The van der Waals surface area contributed by atoms with Crippen molar-refractivity contribution in [3.8, 4) is 5.75 Å². The van der Waals surface area contributed by atoms with Crippen LogP contribution in [0, 0.1) is 0 Å². The molecule has 7 nitrogen and oxygen atoms in total. The van der Waals surface area contributed by atoms with Crippen LogP contribution >= 0.6 is 0 Å². The SMILES string of the molecule is COc1ccc(C(OC[C@H]2O[C@H](OC)[C@H](O)[C@@H](O)[C@@H]2O)(c2ccccc2)c2ccccc2)cc1. The van der Waals surface area contributed by atoms with E-state index >= 15 is 0 Å². The van der Waals surface area contributed by atoms with Crippen LogP contribution in [0.2, 0.25) is 0 Å². The molecule has 0 aromatic heterocycles. The third kappa shape index (κ3) is 4.59. The average Bonchev–Trinajstić information content (AvgIpc) is 2.90. The minimum atomic E-state index is -1.43. The standard InChI is InChI=1S/C27H30O7/c1-31-21-15-13-20(14-16-21)27(18-9-5-3-6-10-18,19-11-7-4-8-12-19)33-17-22-23(28)24(29)25(30)26(32-2)34-22/h3-16,22-26,28-30H,17H2,1-2H3/t22-,23-,24+,25-,26+/m1/s1. The van der Waals surface area contributed by atoms with E-state index in [4.69, 9.17) is 18.9 Å². The monoisotopic (exact) mass is 466 g/mol. The molecule has 1 aliphatic heterocycles. The van der Waals surface area contributed by atoms with E-state index in [0.29, 0.717) is 5.75 Å². The van der Waals surface area contributed by atoms with Gasteiger partial charge in [-0.15, -0.1) is 0 Å². The van der Waals surface area contributed by atoms with Crippen LogP contribution < -0.4 is 4.74 Å². The second kappa shape index (κ2) is 10.7. The van der Waals surface area contributed by atoms with Crippen molar-refractivity contribution in [1.82, 2.24) is 0 Å². The van der Waals surface area contributed by atoms with E-state index in [2.05, 4.69) is 0 Å². The minimum absolute atomic E-state index is 0.0827. The molecule has 3 aromatic carbocycles. The lowest BCUT2D eigenvalue weighted by atomic mass is 9.80. The first kappa shape index (κ1) is 24.3. The molecule has 0 unspecified atom stereocenters. The zero-order valence-corrected chi connectivity index (χ0v) is 19.2. The van der Waals surface area contributed by atoms with Gasteiger partial charge in [0.05, 0.1) is 13.7 Å². The summed E-state index contributed by atoms with van der Waals surface area (Å²) >= 11 is 0. The summed E-state index contributed by atoms with van der Waals surface area (Å²) in [7, 11) is 2.98. The Labute approximate surface area is 199 Å². The molecule has 1 aliphatic rings. The lowest BCUT2D eigenvalue weighted by Crippen LogP contribution is -2.59. The molecule has 0 bridgehead atoms. The van der Waals surface area contributed by atoms with Gasteiger partial charge in [0, 0.05) is 7.11 Å². The molecule has 180 valence electrons. The van der Waals surface area contributed by atoms with Gasteiger partial charge in [-0.05, 0) is 28.8 Å². The van der Waals surface area contributed by atoms with Crippen LogP contribution in [0.25, 0.3) is 0 Å². The van der Waals surface area contributed by atoms with Gasteiger partial charge in [0.2, 0.25) is 0 Å². The van der Waals surface area contributed by atoms with Gasteiger partial charge >= 0.3 is 0 Å². The Balaban J connectivity index is 1.79. The summed E-state index contributed by atoms with van der Waals surface area (Å²) in [5, 5.41) is 31.1. The van der Waals surface area contributed by atoms with Crippen molar-refractivity contribution in [3.63, 3.8) is 0 Å². The van der Waals surface area contributed by atoms with Gasteiger partial charge in [-0.1, -0.05) is 72.8 Å². The summed E-state index contributed by atoms with van der Waals surface area (Å²) in [6.07, 6.45) is -6.19. The summed E-state index contributed by atoms with van der Waals surface area (Å²) in [5.74, 6) is 0.713. The lowest BCUT2D eigenvalue weighted by molar-refractivity contribution is -0.299. The molecule has 5 atom stereocenters. The molecule has 0 aliphatic carbocycles. The van der Waals surface area contributed by atoms with Gasteiger partial charge in [-0.2, -0.15) is 0 Å². The molecule has 0 spiro atoms. The fourth-order valence-corrected chi connectivity index (χ4v) is 4.38.